The van der Waals surface area contributed by atoms with Crippen LogP contribution in [0.4, 0.5) is 0 Å². The molecule has 0 N–H and O–H groups in total. The minimum atomic E-state index is -0.805. The fourth-order valence-corrected chi connectivity index (χ4v) is 8.89. The van der Waals surface area contributed by atoms with Gasteiger partial charge in [-0.25, -0.2) is 24.0 Å². The Labute approximate surface area is 432 Å². The minimum absolute atomic E-state index is 0.0399. The molecule has 0 radical (unpaired) electrons. The van der Waals surface area contributed by atoms with Crippen molar-refractivity contribution in [3.05, 3.63) is 176 Å². The van der Waals surface area contributed by atoms with Gasteiger partial charge in [-0.3, -0.25) is 0 Å². The van der Waals surface area contributed by atoms with E-state index in [0.29, 0.717) is 54.9 Å². The zero-order valence-corrected chi connectivity index (χ0v) is 42.4. The van der Waals surface area contributed by atoms with Crippen molar-refractivity contribution >= 4 is 41.8 Å². The lowest BCUT2D eigenvalue weighted by Gasteiger charge is -2.34. The molecule has 3 aromatic carbocycles. The molecule has 0 heterocycles. The molecule has 3 aliphatic carbocycles. The topological polar surface area (TPSA) is 184 Å². The van der Waals surface area contributed by atoms with Crippen molar-refractivity contribution in [2.75, 3.05) is 33.0 Å². The van der Waals surface area contributed by atoms with Gasteiger partial charge >= 0.3 is 29.8 Å². The van der Waals surface area contributed by atoms with Gasteiger partial charge < -0.3 is 37.9 Å². The zero-order chi connectivity index (χ0) is 53.1. The van der Waals surface area contributed by atoms with Crippen molar-refractivity contribution in [2.45, 2.75) is 70.7 Å². The molecule has 15 nitrogen and oxygen atoms in total. The average Bonchev–Trinajstić information content (AvgIpc) is 3.70. The first kappa shape index (κ1) is 55.4. The molecule has 0 saturated heterocycles. The first-order valence-corrected chi connectivity index (χ1v) is 24.5. The highest BCUT2D eigenvalue weighted by molar-refractivity contribution is 5.97. The smallest absolute Gasteiger partial charge is 0.343 e. The van der Waals surface area contributed by atoms with Crippen LogP contribution >= 0.6 is 0 Å². The van der Waals surface area contributed by atoms with Crippen molar-refractivity contribution in [2.24, 2.45) is 33.9 Å². The Bertz CT molecular complexity index is 2650. The van der Waals surface area contributed by atoms with Crippen molar-refractivity contribution < 1.29 is 61.9 Å². The third-order valence-corrected chi connectivity index (χ3v) is 12.0. The lowest BCUT2D eigenvalue weighted by Crippen LogP contribution is -2.40. The quantitative estimate of drug-likeness (QED) is 0.0134. The molecule has 0 amide bonds. The van der Waals surface area contributed by atoms with Crippen LogP contribution in [0.15, 0.2) is 164 Å². The Morgan fingerprint density at radius 3 is 1.91 bits per heavy atom. The number of nitrogens with zero attached hydrogens (tertiary/aromatic N) is 2. The van der Waals surface area contributed by atoms with Gasteiger partial charge in [0, 0.05) is 55.1 Å². The van der Waals surface area contributed by atoms with Gasteiger partial charge in [0.25, 0.3) is 0 Å². The number of rotatable bonds is 27. The lowest BCUT2D eigenvalue weighted by molar-refractivity contribution is -0.154. The molecule has 15 heteroatoms. The molecule has 0 aromatic heterocycles. The van der Waals surface area contributed by atoms with Crippen molar-refractivity contribution in [3.63, 3.8) is 0 Å². The third kappa shape index (κ3) is 16.6. The number of hydrogen-bond donors (Lipinski definition) is 0. The van der Waals surface area contributed by atoms with Crippen LogP contribution in [0.25, 0.3) is 0 Å². The Kier molecular flexibility index (Phi) is 20.0. The summed E-state index contributed by atoms with van der Waals surface area (Å²) in [7, 11) is 0. The first-order chi connectivity index (χ1) is 35.6. The van der Waals surface area contributed by atoms with Gasteiger partial charge in [-0.2, -0.15) is 10.2 Å². The largest absolute Gasteiger partial charge is 0.490 e. The number of unbranched alkanes of at least 4 members (excludes halogenated alkanes) is 1. The molecule has 388 valence electrons. The maximum Gasteiger partial charge on any atom is 0.343 e. The van der Waals surface area contributed by atoms with Crippen molar-refractivity contribution in [1.29, 1.82) is 0 Å². The molecule has 6 rings (SSSR count). The summed E-state index contributed by atoms with van der Waals surface area (Å²) < 4.78 is 45.3. The third-order valence-electron chi connectivity index (χ3n) is 12.0. The summed E-state index contributed by atoms with van der Waals surface area (Å²) >= 11 is 0. The molecule has 3 aromatic rings. The van der Waals surface area contributed by atoms with Crippen molar-refractivity contribution in [3.8, 4) is 17.2 Å². The maximum atomic E-state index is 13.7. The van der Waals surface area contributed by atoms with E-state index in [0.717, 1.165) is 29.5 Å². The molecule has 5 unspecified atom stereocenters. The Hall–Kier alpha value is -7.91. The number of benzene rings is 3. The zero-order valence-electron chi connectivity index (χ0n) is 42.4. The van der Waals surface area contributed by atoms with E-state index >= 15 is 0 Å². The summed E-state index contributed by atoms with van der Waals surface area (Å²) in [6, 6.07) is 18.2. The maximum absolute atomic E-state index is 13.7. The van der Waals surface area contributed by atoms with Crippen molar-refractivity contribution in [1.82, 2.24) is 0 Å². The first-order valence-electron chi connectivity index (χ1n) is 24.5. The number of fused-ring (bicyclic) bond motifs is 3. The van der Waals surface area contributed by atoms with Crippen LogP contribution < -0.4 is 14.2 Å². The lowest BCUT2D eigenvalue weighted by atomic mass is 9.83. The summed E-state index contributed by atoms with van der Waals surface area (Å²) in [6.07, 6.45) is 23.0. The molecule has 0 spiro atoms. The van der Waals surface area contributed by atoms with Gasteiger partial charge in [0.15, 0.2) is 6.10 Å². The van der Waals surface area contributed by atoms with Gasteiger partial charge in [0.05, 0.1) is 42.9 Å². The molecular weight excluding hydrogens is 945 g/mol. The molecule has 1 saturated carbocycles. The van der Waals surface area contributed by atoms with E-state index in [2.05, 4.69) is 61.3 Å². The summed E-state index contributed by atoms with van der Waals surface area (Å²) in [5.74, 6) is -0.901. The molecule has 1 fully saturated rings. The van der Waals surface area contributed by atoms with Crippen LogP contribution in [0.1, 0.15) is 78.8 Å². The minimum Gasteiger partial charge on any atom is -0.490 e. The van der Waals surface area contributed by atoms with E-state index in [1.54, 1.807) is 80.7 Å². The van der Waals surface area contributed by atoms with E-state index < -0.39 is 47.2 Å². The second kappa shape index (κ2) is 26.7. The molecular formula is C59H64N2O13. The van der Waals surface area contributed by atoms with Gasteiger partial charge in [-0.05, 0) is 119 Å². The standard InChI is InChI=1S/C59H64N2O13/c1-8-52(62)68-33-16-15-32-67-37-46(71-53(63)9-2)38-70-44-26-22-42(23-27-44)57(66)72-51-30-21-40(35-43(51)36-60-61-55-49-19-13-11-17-47(49)48-18-12-14-20-50(48)55)31-34-69-56(65)41-24-28-45(29-25-41)73-58(4,5)39-59(6,7)74-54(64)10-3/h8-14,17-30,35-36,46-50H,1-3,15-16,31-34,37-39H2,4-7H3/b60-36+,61-55?. The molecule has 3 aliphatic rings. The summed E-state index contributed by atoms with van der Waals surface area (Å²) in [5.41, 5.74) is 1.28. The molecule has 0 bridgehead atoms. The molecule has 5 atom stereocenters. The fourth-order valence-electron chi connectivity index (χ4n) is 8.89. The number of carbonyl (C=O) groups excluding carboxylic acids is 5. The van der Waals surface area contributed by atoms with Crippen LogP contribution in [0.2, 0.25) is 0 Å². The fraction of sp³-hybridized carbons (Fsp3) is 0.339. The molecule has 0 aliphatic heterocycles. The SMILES string of the molecule is C=CC(=O)OCCCCOCC(COc1ccc(C(=O)Oc2ccc(CCOC(=O)c3ccc(OC(C)(C)CC(C)(C)OC(=O)C=C)cc3)cc2/C=N/N=C2C3C=CC=CC3C3C=CC=CC23)cc1)OC(=O)C=C. The number of esters is 5. The van der Waals surface area contributed by atoms with Gasteiger partial charge in [0.1, 0.15) is 35.1 Å². The average molecular weight is 1010 g/mol. The van der Waals surface area contributed by atoms with Crippen LogP contribution in [0.3, 0.4) is 0 Å². The van der Waals surface area contributed by atoms with Gasteiger partial charge in [-0.1, -0.05) is 74.4 Å². The monoisotopic (exact) mass is 1010 g/mol. The second-order valence-corrected chi connectivity index (χ2v) is 18.9. The Morgan fingerprint density at radius 1 is 0.649 bits per heavy atom. The molecule has 74 heavy (non-hydrogen) atoms. The highest BCUT2D eigenvalue weighted by Gasteiger charge is 2.45. The van der Waals surface area contributed by atoms with Crippen LogP contribution in [-0.4, -0.2) is 92.1 Å². The van der Waals surface area contributed by atoms with E-state index in [-0.39, 0.29) is 61.4 Å². The Morgan fingerprint density at radius 2 is 1.26 bits per heavy atom. The van der Waals surface area contributed by atoms with E-state index in [1.807, 2.05) is 32.1 Å². The van der Waals surface area contributed by atoms with Crippen LogP contribution in [-0.2, 0) is 44.5 Å². The summed E-state index contributed by atoms with van der Waals surface area (Å²) in [5, 5.41) is 9.34. The van der Waals surface area contributed by atoms with E-state index in [9.17, 15) is 24.0 Å². The van der Waals surface area contributed by atoms with E-state index in [4.69, 9.17) is 43.0 Å². The summed E-state index contributed by atoms with van der Waals surface area (Å²) in [4.78, 5) is 61.9. The highest BCUT2D eigenvalue weighted by Crippen LogP contribution is 2.45. The number of allylic oxidation sites excluding steroid dienone is 8. The predicted octanol–water partition coefficient (Wildman–Crippen LogP) is 9.87. The second-order valence-electron chi connectivity index (χ2n) is 18.9. The highest BCUT2D eigenvalue weighted by atomic mass is 16.6. The Balaban J connectivity index is 1.09. The van der Waals surface area contributed by atoms with E-state index in [1.165, 1.54) is 0 Å². The van der Waals surface area contributed by atoms with Crippen LogP contribution in [0.5, 0.6) is 17.2 Å². The van der Waals surface area contributed by atoms with Crippen LogP contribution in [0, 0.1) is 23.7 Å². The van der Waals surface area contributed by atoms with Gasteiger partial charge in [0.2, 0.25) is 0 Å². The predicted molar refractivity (Wildman–Crippen MR) is 280 cm³/mol. The number of hydrogen-bond acceptors (Lipinski definition) is 15. The number of ether oxygens (including phenoxy) is 8. The number of carbonyl (C=O) groups is 5. The normalized spacial score (nSPS) is 17.8. The summed E-state index contributed by atoms with van der Waals surface area (Å²) in [6.45, 7) is 18.3. The van der Waals surface area contributed by atoms with Gasteiger partial charge in [-0.15, -0.1) is 0 Å².